The van der Waals surface area contributed by atoms with Crippen molar-refractivity contribution in [1.82, 2.24) is 0 Å². The molecule has 7 nitrogen and oxygen atoms in total. The normalized spacial score (nSPS) is 18.5. The average molecular weight is 414 g/mol. The molecule has 1 saturated carbocycles. The van der Waals surface area contributed by atoms with Crippen molar-refractivity contribution in [1.29, 1.82) is 0 Å². The lowest BCUT2D eigenvalue weighted by Crippen LogP contribution is -2.54. The van der Waals surface area contributed by atoms with Crippen molar-refractivity contribution >= 4 is 17.9 Å². The van der Waals surface area contributed by atoms with Crippen molar-refractivity contribution in [2.24, 2.45) is 17.1 Å². The Bertz CT molecular complexity index is 550. The molecule has 1 aliphatic rings. The van der Waals surface area contributed by atoms with Crippen molar-refractivity contribution < 1.29 is 29.0 Å². The first-order chi connectivity index (χ1) is 13.5. The van der Waals surface area contributed by atoms with Crippen LogP contribution in [0.4, 0.5) is 0 Å². The van der Waals surface area contributed by atoms with Gasteiger partial charge in [-0.1, -0.05) is 44.9 Å². The van der Waals surface area contributed by atoms with Crippen molar-refractivity contribution in [2.45, 2.75) is 104 Å². The van der Waals surface area contributed by atoms with E-state index in [4.69, 9.17) is 15.2 Å². The molecule has 1 rings (SSSR count). The summed E-state index contributed by atoms with van der Waals surface area (Å²) in [6, 6.07) is -1.03. The van der Waals surface area contributed by atoms with Gasteiger partial charge >= 0.3 is 17.9 Å². The first kappa shape index (κ1) is 25.4. The van der Waals surface area contributed by atoms with Crippen LogP contribution in [0.1, 0.15) is 91.9 Å². The van der Waals surface area contributed by atoms with Crippen LogP contribution in [0.15, 0.2) is 0 Å². The van der Waals surface area contributed by atoms with Crippen LogP contribution in [0.5, 0.6) is 0 Å². The number of carboxylic acids is 1. The van der Waals surface area contributed by atoms with E-state index in [9.17, 15) is 19.5 Å². The molecule has 0 radical (unpaired) electrons. The van der Waals surface area contributed by atoms with Crippen molar-refractivity contribution in [2.75, 3.05) is 6.61 Å². The Morgan fingerprint density at radius 1 is 1.14 bits per heavy atom. The number of carbonyl (C=O) groups is 3. The van der Waals surface area contributed by atoms with Crippen LogP contribution in [-0.2, 0) is 23.9 Å². The smallest absolute Gasteiger partial charge is 0.325 e. The lowest BCUT2D eigenvalue weighted by Gasteiger charge is -2.33. The molecule has 3 N–H and O–H groups in total. The lowest BCUT2D eigenvalue weighted by atomic mass is 9.73. The quantitative estimate of drug-likeness (QED) is 0.391. The minimum atomic E-state index is -1.84. The molecular formula is C22H39NO6. The van der Waals surface area contributed by atoms with Crippen LogP contribution in [0.3, 0.4) is 0 Å². The predicted molar refractivity (Wildman–Crippen MR) is 110 cm³/mol. The van der Waals surface area contributed by atoms with E-state index in [-0.39, 0.29) is 25.9 Å². The standard InChI is InChI=1S/C22H39NO6/c1-5-28-20(27)22(19(25)26,15-9-12-16-10-7-6-8-11-16)17(23)13-14-18(24)29-21(2,3)4/h16-17H,5-15,23H2,1-4H3,(H,25,26). The third kappa shape index (κ3) is 7.96. The zero-order valence-corrected chi connectivity index (χ0v) is 18.5. The first-order valence-electron chi connectivity index (χ1n) is 10.9. The van der Waals surface area contributed by atoms with E-state index in [1.54, 1.807) is 27.7 Å². The van der Waals surface area contributed by atoms with Crippen molar-refractivity contribution in [3.8, 4) is 0 Å². The van der Waals surface area contributed by atoms with E-state index in [1.165, 1.54) is 19.3 Å². The minimum Gasteiger partial charge on any atom is -0.480 e. The summed E-state index contributed by atoms with van der Waals surface area (Å²) >= 11 is 0. The van der Waals surface area contributed by atoms with Crippen molar-refractivity contribution in [3.63, 3.8) is 0 Å². The van der Waals surface area contributed by atoms with Gasteiger partial charge < -0.3 is 20.3 Å². The number of rotatable bonds is 11. The third-order valence-corrected chi connectivity index (χ3v) is 5.64. The molecular weight excluding hydrogens is 374 g/mol. The molecule has 0 aromatic heterocycles. The Balaban J connectivity index is 2.85. The highest BCUT2D eigenvalue weighted by Gasteiger charge is 2.52. The van der Waals surface area contributed by atoms with E-state index in [2.05, 4.69) is 0 Å². The summed E-state index contributed by atoms with van der Waals surface area (Å²) in [5, 5.41) is 9.98. The number of aliphatic carboxylic acids is 1. The Hall–Kier alpha value is -1.63. The van der Waals surface area contributed by atoms with Crippen LogP contribution in [0.2, 0.25) is 0 Å². The summed E-state index contributed by atoms with van der Waals surface area (Å²) in [7, 11) is 0. The van der Waals surface area contributed by atoms with Gasteiger partial charge in [-0.05, 0) is 46.5 Å². The zero-order valence-electron chi connectivity index (χ0n) is 18.5. The van der Waals surface area contributed by atoms with Gasteiger partial charge in [0.15, 0.2) is 5.41 Å². The maximum absolute atomic E-state index is 12.7. The highest BCUT2D eigenvalue weighted by Crippen LogP contribution is 2.35. The fraction of sp³-hybridized carbons (Fsp3) is 0.864. The molecule has 168 valence electrons. The molecule has 0 amide bonds. The van der Waals surface area contributed by atoms with Crippen LogP contribution in [-0.4, -0.2) is 41.3 Å². The second kappa shape index (κ2) is 11.5. The van der Waals surface area contributed by atoms with Gasteiger partial charge in [0.2, 0.25) is 0 Å². The molecule has 1 fully saturated rings. The molecule has 29 heavy (non-hydrogen) atoms. The van der Waals surface area contributed by atoms with Crippen molar-refractivity contribution in [3.05, 3.63) is 0 Å². The van der Waals surface area contributed by atoms with E-state index in [0.717, 1.165) is 19.3 Å². The van der Waals surface area contributed by atoms with Gasteiger partial charge in [-0.15, -0.1) is 0 Å². The zero-order chi connectivity index (χ0) is 22.1. The Labute approximate surface area is 174 Å². The molecule has 0 spiro atoms. The fourth-order valence-electron chi connectivity index (χ4n) is 4.11. The monoisotopic (exact) mass is 413 g/mol. The molecule has 2 unspecified atom stereocenters. The number of carboxylic acid groups (broad SMARTS) is 1. The first-order valence-corrected chi connectivity index (χ1v) is 10.9. The van der Waals surface area contributed by atoms with Crippen LogP contribution < -0.4 is 5.73 Å². The SMILES string of the molecule is CCOC(=O)C(CCCC1CCCCC1)(C(=O)O)C(N)CCC(=O)OC(C)(C)C. The van der Waals surface area contributed by atoms with E-state index in [1.807, 2.05) is 0 Å². The number of hydrogen-bond acceptors (Lipinski definition) is 6. The third-order valence-electron chi connectivity index (χ3n) is 5.64. The van der Waals surface area contributed by atoms with Crippen LogP contribution in [0.25, 0.3) is 0 Å². The molecule has 2 atom stereocenters. The number of carbonyl (C=O) groups excluding carboxylic acids is 2. The molecule has 7 heteroatoms. The molecule has 0 heterocycles. The summed E-state index contributed by atoms with van der Waals surface area (Å²) in [4.78, 5) is 37.0. The maximum Gasteiger partial charge on any atom is 0.325 e. The van der Waals surface area contributed by atoms with E-state index < -0.39 is 35.0 Å². The van der Waals surface area contributed by atoms with Gasteiger partial charge in [0.25, 0.3) is 0 Å². The Kier molecular flexibility index (Phi) is 10.1. The second-order valence-corrected chi connectivity index (χ2v) is 9.12. The van der Waals surface area contributed by atoms with Crippen LogP contribution in [0, 0.1) is 11.3 Å². The summed E-state index contributed by atoms with van der Waals surface area (Å²) in [5.74, 6) is -1.97. The molecule has 0 aromatic carbocycles. The topological polar surface area (TPSA) is 116 Å². The predicted octanol–water partition coefficient (Wildman–Crippen LogP) is 3.82. The van der Waals surface area contributed by atoms with Gasteiger partial charge in [0.1, 0.15) is 5.60 Å². The number of ether oxygens (including phenoxy) is 2. The average Bonchev–Trinajstić information content (AvgIpc) is 2.62. The van der Waals surface area contributed by atoms with Gasteiger partial charge in [0, 0.05) is 12.5 Å². The van der Waals surface area contributed by atoms with E-state index in [0.29, 0.717) is 12.3 Å². The summed E-state index contributed by atoms with van der Waals surface area (Å²) in [6.45, 7) is 7.00. The highest BCUT2D eigenvalue weighted by molar-refractivity contribution is 6.00. The Morgan fingerprint density at radius 3 is 2.28 bits per heavy atom. The summed E-state index contributed by atoms with van der Waals surface area (Å²) in [5.41, 5.74) is 3.75. The number of esters is 2. The summed E-state index contributed by atoms with van der Waals surface area (Å²) in [6.07, 6.45) is 7.58. The van der Waals surface area contributed by atoms with Gasteiger partial charge in [0.05, 0.1) is 6.61 Å². The maximum atomic E-state index is 12.7. The van der Waals surface area contributed by atoms with Gasteiger partial charge in [-0.3, -0.25) is 14.4 Å². The highest BCUT2D eigenvalue weighted by atomic mass is 16.6. The molecule has 1 aliphatic carbocycles. The van der Waals surface area contributed by atoms with E-state index >= 15 is 0 Å². The molecule has 0 aromatic rings. The molecule has 0 saturated heterocycles. The van der Waals surface area contributed by atoms with Gasteiger partial charge in [-0.2, -0.15) is 0 Å². The fourth-order valence-corrected chi connectivity index (χ4v) is 4.11. The Morgan fingerprint density at radius 2 is 1.76 bits per heavy atom. The largest absolute Gasteiger partial charge is 0.480 e. The minimum absolute atomic E-state index is 0.0451. The molecule has 0 aliphatic heterocycles. The second-order valence-electron chi connectivity index (χ2n) is 9.12. The van der Waals surface area contributed by atoms with Gasteiger partial charge in [-0.25, -0.2) is 0 Å². The lowest BCUT2D eigenvalue weighted by molar-refractivity contribution is -0.172. The number of hydrogen-bond donors (Lipinski definition) is 2. The number of nitrogens with two attached hydrogens (primary N) is 1. The molecule has 0 bridgehead atoms. The van der Waals surface area contributed by atoms with Crippen LogP contribution >= 0.6 is 0 Å². The summed E-state index contributed by atoms with van der Waals surface area (Å²) < 4.78 is 10.4.